The fraction of sp³-hybridized carbons (Fsp3) is 0.200. The van der Waals surface area contributed by atoms with Crippen molar-refractivity contribution >= 4 is 23.9 Å². The second kappa shape index (κ2) is 5.77. The highest BCUT2D eigenvalue weighted by Gasteiger charge is 2.12. The first-order valence-corrected chi connectivity index (χ1v) is 9.30. The first kappa shape index (κ1) is 14.1. The summed E-state index contributed by atoms with van der Waals surface area (Å²) in [6.45, 7) is 6.06. The van der Waals surface area contributed by atoms with Crippen molar-refractivity contribution in [2.45, 2.75) is 13.8 Å². The lowest BCUT2D eigenvalue weighted by molar-refractivity contribution is 0.620. The number of hydrogen-bond acceptors (Lipinski definition) is 2. The van der Waals surface area contributed by atoms with Crippen molar-refractivity contribution < 1.29 is 4.52 Å². The highest BCUT2D eigenvalue weighted by atomic mass is 32.4. The van der Waals surface area contributed by atoms with Crippen molar-refractivity contribution in [2.24, 2.45) is 0 Å². The molecule has 2 aromatic rings. The standard InChI is InChI=1S/C15H18NOPS/c1-12-4-8-14(9-5-12)16-18(3,19)17-15-10-6-13(2)7-11-15/h4-11H,1-3H3,(H,16,19). The molecule has 0 amide bonds. The normalized spacial score (nSPS) is 13.6. The van der Waals surface area contributed by atoms with Gasteiger partial charge in [0.25, 0.3) is 0 Å². The molecule has 0 bridgehead atoms. The van der Waals surface area contributed by atoms with E-state index in [0.29, 0.717) is 0 Å². The molecule has 4 heteroatoms. The maximum absolute atomic E-state index is 5.91. The minimum absolute atomic E-state index is 0.816. The summed E-state index contributed by atoms with van der Waals surface area (Å²) in [7, 11) is 0. The minimum Gasteiger partial charge on any atom is -0.449 e. The molecule has 0 aromatic heterocycles. The summed E-state index contributed by atoms with van der Waals surface area (Å²) >= 11 is 5.55. The van der Waals surface area contributed by atoms with E-state index in [1.807, 2.05) is 43.1 Å². The van der Waals surface area contributed by atoms with Crippen LogP contribution in [-0.4, -0.2) is 6.66 Å². The van der Waals surface area contributed by atoms with Crippen molar-refractivity contribution in [3.05, 3.63) is 59.7 Å². The summed E-state index contributed by atoms with van der Waals surface area (Å²) in [6, 6.07) is 16.1. The van der Waals surface area contributed by atoms with Crippen molar-refractivity contribution in [3.63, 3.8) is 0 Å². The lowest BCUT2D eigenvalue weighted by Gasteiger charge is -2.21. The van der Waals surface area contributed by atoms with Crippen molar-refractivity contribution in [3.8, 4) is 5.75 Å². The van der Waals surface area contributed by atoms with Crippen LogP contribution in [0, 0.1) is 13.8 Å². The van der Waals surface area contributed by atoms with Crippen LogP contribution in [0.2, 0.25) is 0 Å². The van der Waals surface area contributed by atoms with E-state index in [1.165, 1.54) is 11.1 Å². The van der Waals surface area contributed by atoms with E-state index in [1.54, 1.807) is 0 Å². The first-order chi connectivity index (χ1) is 8.94. The van der Waals surface area contributed by atoms with Gasteiger partial charge in [-0.25, -0.2) is 0 Å². The van der Waals surface area contributed by atoms with Crippen molar-refractivity contribution in [1.82, 2.24) is 0 Å². The monoisotopic (exact) mass is 291 g/mol. The van der Waals surface area contributed by atoms with Gasteiger partial charge in [-0.15, -0.1) is 0 Å². The van der Waals surface area contributed by atoms with Crippen molar-refractivity contribution in [1.29, 1.82) is 0 Å². The molecule has 1 unspecified atom stereocenters. The maximum atomic E-state index is 5.91. The molecule has 0 saturated heterocycles. The van der Waals surface area contributed by atoms with Crippen LogP contribution in [0.5, 0.6) is 5.75 Å². The van der Waals surface area contributed by atoms with Crippen LogP contribution < -0.4 is 9.61 Å². The number of benzene rings is 2. The highest BCUT2D eigenvalue weighted by Crippen LogP contribution is 2.43. The van der Waals surface area contributed by atoms with Gasteiger partial charge in [0.05, 0.1) is 0 Å². The molecule has 0 aliphatic heterocycles. The molecule has 2 nitrogen and oxygen atoms in total. The molecular weight excluding hydrogens is 273 g/mol. The van der Waals surface area contributed by atoms with Gasteiger partial charge >= 0.3 is 0 Å². The van der Waals surface area contributed by atoms with Crippen LogP contribution in [-0.2, 0) is 11.8 Å². The molecule has 0 saturated carbocycles. The SMILES string of the molecule is Cc1ccc(NP(C)(=S)Oc2ccc(C)cc2)cc1. The van der Waals surface area contributed by atoms with E-state index in [2.05, 4.69) is 31.1 Å². The summed E-state index contributed by atoms with van der Waals surface area (Å²) in [6.07, 6.45) is -2.08. The van der Waals surface area contributed by atoms with Crippen LogP contribution in [0.25, 0.3) is 0 Å². The smallest absolute Gasteiger partial charge is 0.199 e. The summed E-state index contributed by atoms with van der Waals surface area (Å²) in [5, 5.41) is 3.31. The third-order valence-corrected chi connectivity index (χ3v) is 4.41. The molecule has 0 aliphatic rings. The summed E-state index contributed by atoms with van der Waals surface area (Å²) in [5.74, 6) is 0.816. The lowest BCUT2D eigenvalue weighted by Crippen LogP contribution is -2.01. The quantitative estimate of drug-likeness (QED) is 0.823. The minimum atomic E-state index is -2.08. The maximum Gasteiger partial charge on any atom is 0.199 e. The zero-order valence-electron chi connectivity index (χ0n) is 11.4. The van der Waals surface area contributed by atoms with Gasteiger partial charge in [-0.3, -0.25) is 0 Å². The van der Waals surface area contributed by atoms with Gasteiger partial charge in [0, 0.05) is 12.4 Å². The van der Waals surface area contributed by atoms with Crippen LogP contribution >= 0.6 is 6.42 Å². The van der Waals surface area contributed by atoms with Gasteiger partial charge in [0.2, 0.25) is 0 Å². The summed E-state index contributed by atoms with van der Waals surface area (Å²) in [4.78, 5) is 0. The Morgan fingerprint density at radius 3 is 1.89 bits per heavy atom. The Morgan fingerprint density at radius 1 is 0.895 bits per heavy atom. The number of anilines is 1. The van der Waals surface area contributed by atoms with E-state index < -0.39 is 6.42 Å². The molecule has 2 rings (SSSR count). The van der Waals surface area contributed by atoms with E-state index in [4.69, 9.17) is 16.3 Å². The Morgan fingerprint density at radius 2 is 1.37 bits per heavy atom. The van der Waals surface area contributed by atoms with E-state index >= 15 is 0 Å². The number of rotatable bonds is 4. The average molecular weight is 291 g/mol. The van der Waals surface area contributed by atoms with Gasteiger partial charge in [-0.1, -0.05) is 35.4 Å². The molecule has 0 fully saturated rings. The van der Waals surface area contributed by atoms with Crippen LogP contribution in [0.3, 0.4) is 0 Å². The lowest BCUT2D eigenvalue weighted by atomic mass is 10.2. The Bertz CT molecular complexity index is 541. The van der Waals surface area contributed by atoms with Gasteiger partial charge in [0.1, 0.15) is 5.75 Å². The van der Waals surface area contributed by atoms with Gasteiger partial charge in [-0.2, -0.15) is 0 Å². The number of aryl methyl sites for hydroxylation is 2. The van der Waals surface area contributed by atoms with Crippen LogP contribution in [0.4, 0.5) is 5.69 Å². The molecule has 0 aliphatic carbocycles. The van der Waals surface area contributed by atoms with Crippen LogP contribution in [0.15, 0.2) is 48.5 Å². The Labute approximate surface area is 120 Å². The third-order valence-electron chi connectivity index (χ3n) is 2.68. The predicted octanol–water partition coefficient (Wildman–Crippen LogP) is 4.73. The molecule has 100 valence electrons. The summed E-state index contributed by atoms with van der Waals surface area (Å²) in [5.41, 5.74) is 3.45. The third kappa shape index (κ3) is 4.38. The highest BCUT2D eigenvalue weighted by molar-refractivity contribution is 8.12. The number of hydrogen-bond donors (Lipinski definition) is 1. The van der Waals surface area contributed by atoms with Gasteiger partial charge in [0.15, 0.2) is 6.42 Å². The van der Waals surface area contributed by atoms with E-state index in [-0.39, 0.29) is 0 Å². The summed E-state index contributed by atoms with van der Waals surface area (Å²) < 4.78 is 5.91. The molecule has 0 spiro atoms. The second-order valence-electron chi connectivity index (χ2n) is 4.73. The predicted molar refractivity (Wildman–Crippen MR) is 86.8 cm³/mol. The molecule has 0 heterocycles. The Balaban J connectivity index is 2.08. The molecule has 0 radical (unpaired) electrons. The fourth-order valence-electron chi connectivity index (χ4n) is 1.69. The molecule has 19 heavy (non-hydrogen) atoms. The molecular formula is C15H18NOPS. The van der Waals surface area contributed by atoms with E-state index in [9.17, 15) is 0 Å². The molecule has 1 atom stereocenters. The van der Waals surface area contributed by atoms with Crippen molar-refractivity contribution in [2.75, 3.05) is 11.8 Å². The number of nitrogens with one attached hydrogen (secondary N) is 1. The second-order valence-corrected chi connectivity index (χ2v) is 8.92. The largest absolute Gasteiger partial charge is 0.449 e. The average Bonchev–Trinajstić information content (AvgIpc) is 2.34. The topological polar surface area (TPSA) is 21.3 Å². The van der Waals surface area contributed by atoms with Gasteiger partial charge < -0.3 is 9.61 Å². The van der Waals surface area contributed by atoms with Crippen LogP contribution in [0.1, 0.15) is 11.1 Å². The molecule has 1 N–H and O–H groups in total. The first-order valence-electron chi connectivity index (χ1n) is 6.13. The van der Waals surface area contributed by atoms with Gasteiger partial charge in [-0.05, 0) is 49.9 Å². The Kier molecular flexibility index (Phi) is 4.28. The zero-order valence-corrected chi connectivity index (χ0v) is 13.1. The Hall–Kier alpha value is -1.31. The fourth-order valence-corrected chi connectivity index (χ4v) is 3.45. The van der Waals surface area contributed by atoms with E-state index in [0.717, 1.165) is 11.4 Å². The molecule has 2 aromatic carbocycles. The zero-order chi connectivity index (χ0) is 13.9.